The number of hydrogen-bond donors (Lipinski definition) is 4. The molecule has 0 saturated carbocycles. The quantitative estimate of drug-likeness (QED) is 0.259. The molecule has 0 aliphatic rings. The zero-order chi connectivity index (χ0) is 29.1. The van der Waals surface area contributed by atoms with Crippen LogP contribution in [0.3, 0.4) is 0 Å². The second-order valence-corrected chi connectivity index (χ2v) is 9.12. The normalized spacial score (nSPS) is 11.7. The number of carbonyl (C=O) groups is 3. The second kappa shape index (κ2) is 14.7. The number of likely N-dealkylation sites (N-methyl/N-ethyl adjacent to an activating group) is 2. The Morgan fingerprint density at radius 2 is 1.87 bits per heavy atom. The average molecular weight is 541 g/mol. The molecule has 212 valence electrons. The summed E-state index contributed by atoms with van der Waals surface area (Å²) in [4.78, 5) is 49.3. The van der Waals surface area contributed by atoms with Crippen LogP contribution in [0.4, 0.5) is 17.3 Å². The van der Waals surface area contributed by atoms with Crippen LogP contribution in [-0.4, -0.2) is 87.0 Å². The highest BCUT2D eigenvalue weighted by Crippen LogP contribution is 2.27. The number of carbonyl (C=O) groups excluding carboxylic acids is 3. The lowest BCUT2D eigenvalue weighted by atomic mass is 10.1. The second-order valence-electron chi connectivity index (χ2n) is 9.12. The van der Waals surface area contributed by atoms with Crippen LogP contribution in [0.5, 0.6) is 5.75 Å². The topological polar surface area (TPSA) is 155 Å². The molecule has 1 atom stereocenters. The number of nitrogens with two attached hydrogens (primary N) is 1. The number of rotatable bonds is 14. The molecule has 3 amide bonds. The molecule has 0 aliphatic carbocycles. The number of primary amides is 1. The molecule has 1 aromatic carbocycles. The minimum absolute atomic E-state index is 0.0440. The molecule has 0 unspecified atom stereocenters. The van der Waals surface area contributed by atoms with E-state index >= 15 is 0 Å². The van der Waals surface area contributed by atoms with Gasteiger partial charge in [-0.15, -0.1) is 0 Å². The number of aryl methyl sites for hydroxylation is 1. The zero-order valence-electron chi connectivity index (χ0n) is 23.8. The zero-order valence-corrected chi connectivity index (χ0v) is 23.8. The molecule has 39 heavy (non-hydrogen) atoms. The standard InChI is InChI=1S/C27H40N8O4/c1-8-21-26(34(4)5)33-25(23(32-21)24(28)37)31-19-14-18(15-20(16-19)39-7)11-13-30-27(38)17(2)35(6)22(36)10-9-12-29-3/h9-10,14-17,29H,8,11-13H2,1-7H3,(H2,28,37)(H,30,38)(H,31,33)/b10-9+/t17-/m0/s1. The maximum atomic E-state index is 12.6. The van der Waals surface area contributed by atoms with E-state index in [1.807, 2.05) is 38.1 Å². The number of amides is 3. The minimum atomic E-state index is -0.689. The van der Waals surface area contributed by atoms with Crippen molar-refractivity contribution in [2.45, 2.75) is 32.7 Å². The molecule has 1 aromatic heterocycles. The van der Waals surface area contributed by atoms with Crippen molar-refractivity contribution in [1.29, 1.82) is 0 Å². The molecule has 0 spiro atoms. The lowest BCUT2D eigenvalue weighted by Crippen LogP contribution is -2.45. The summed E-state index contributed by atoms with van der Waals surface area (Å²) < 4.78 is 5.45. The number of ether oxygens (including phenoxy) is 1. The first-order chi connectivity index (χ1) is 18.5. The Morgan fingerprint density at radius 1 is 1.15 bits per heavy atom. The van der Waals surface area contributed by atoms with E-state index in [0.717, 1.165) is 5.56 Å². The lowest BCUT2D eigenvalue weighted by Gasteiger charge is -2.23. The number of hydrogen-bond acceptors (Lipinski definition) is 9. The summed E-state index contributed by atoms with van der Waals surface area (Å²) in [5.41, 5.74) is 7.80. The fraction of sp³-hybridized carbons (Fsp3) is 0.444. The van der Waals surface area contributed by atoms with Crippen LogP contribution in [0.25, 0.3) is 0 Å². The molecule has 12 heteroatoms. The number of methoxy groups -OCH3 is 1. The van der Waals surface area contributed by atoms with Gasteiger partial charge in [0.25, 0.3) is 5.91 Å². The SMILES string of the molecule is CCc1nc(C(N)=O)c(Nc2cc(CCNC(=O)[C@H](C)N(C)C(=O)/C=C/CNC)cc(OC)c2)nc1N(C)C. The summed E-state index contributed by atoms with van der Waals surface area (Å²) >= 11 is 0. The smallest absolute Gasteiger partial charge is 0.271 e. The maximum absolute atomic E-state index is 12.6. The molecule has 5 N–H and O–H groups in total. The van der Waals surface area contributed by atoms with E-state index in [1.54, 1.807) is 40.3 Å². The van der Waals surface area contributed by atoms with Gasteiger partial charge in [0.1, 0.15) is 11.8 Å². The Hall–Kier alpha value is -4.19. The van der Waals surface area contributed by atoms with Gasteiger partial charge in [-0.25, -0.2) is 9.97 Å². The van der Waals surface area contributed by atoms with Gasteiger partial charge in [-0.05, 0) is 44.5 Å². The molecule has 1 heterocycles. The third-order valence-corrected chi connectivity index (χ3v) is 6.01. The summed E-state index contributed by atoms with van der Waals surface area (Å²) in [5.74, 6) is 0.250. The Balaban J connectivity index is 2.17. The highest BCUT2D eigenvalue weighted by molar-refractivity contribution is 5.96. The minimum Gasteiger partial charge on any atom is -0.497 e. The third kappa shape index (κ3) is 8.67. The van der Waals surface area contributed by atoms with Crippen LogP contribution < -0.4 is 31.3 Å². The van der Waals surface area contributed by atoms with E-state index in [4.69, 9.17) is 10.5 Å². The number of benzene rings is 1. The van der Waals surface area contributed by atoms with Crippen LogP contribution in [-0.2, 0) is 22.4 Å². The predicted octanol–water partition coefficient (Wildman–Crippen LogP) is 1.24. The lowest BCUT2D eigenvalue weighted by molar-refractivity contribution is -0.135. The number of anilines is 3. The molecule has 0 fully saturated rings. The van der Waals surface area contributed by atoms with E-state index < -0.39 is 11.9 Å². The first kappa shape index (κ1) is 31.0. The molecule has 0 radical (unpaired) electrons. The molecule has 2 aromatic rings. The molecular formula is C27H40N8O4. The first-order valence-corrected chi connectivity index (χ1v) is 12.7. The third-order valence-electron chi connectivity index (χ3n) is 6.01. The highest BCUT2D eigenvalue weighted by atomic mass is 16.5. The van der Waals surface area contributed by atoms with Crippen LogP contribution in [0, 0.1) is 0 Å². The molecule has 0 bridgehead atoms. The van der Waals surface area contributed by atoms with E-state index in [2.05, 4.69) is 25.9 Å². The van der Waals surface area contributed by atoms with E-state index in [1.165, 1.54) is 11.0 Å². The van der Waals surface area contributed by atoms with Crippen molar-refractivity contribution in [3.63, 3.8) is 0 Å². The van der Waals surface area contributed by atoms with Crippen molar-refractivity contribution < 1.29 is 19.1 Å². The fourth-order valence-electron chi connectivity index (χ4n) is 3.69. The summed E-state index contributed by atoms with van der Waals surface area (Å²) in [6, 6.07) is 4.86. The van der Waals surface area contributed by atoms with Crippen molar-refractivity contribution in [2.24, 2.45) is 5.73 Å². The van der Waals surface area contributed by atoms with Gasteiger partial charge in [0, 0.05) is 52.1 Å². The Bertz CT molecular complexity index is 1200. The molecular weight excluding hydrogens is 500 g/mol. The van der Waals surface area contributed by atoms with Crippen LogP contribution >= 0.6 is 0 Å². The summed E-state index contributed by atoms with van der Waals surface area (Å²) in [7, 11) is 8.63. The highest BCUT2D eigenvalue weighted by Gasteiger charge is 2.21. The van der Waals surface area contributed by atoms with E-state index in [9.17, 15) is 14.4 Å². The molecule has 2 rings (SSSR count). The Morgan fingerprint density at radius 3 is 2.46 bits per heavy atom. The van der Waals surface area contributed by atoms with Crippen molar-refractivity contribution >= 4 is 35.0 Å². The fourth-order valence-corrected chi connectivity index (χ4v) is 3.69. The van der Waals surface area contributed by atoms with Crippen molar-refractivity contribution in [1.82, 2.24) is 25.5 Å². The van der Waals surface area contributed by atoms with Crippen molar-refractivity contribution in [2.75, 3.05) is 58.6 Å². The van der Waals surface area contributed by atoms with Gasteiger partial charge in [-0.3, -0.25) is 14.4 Å². The monoisotopic (exact) mass is 540 g/mol. The number of nitrogens with zero attached hydrogens (tertiary/aromatic N) is 4. The predicted molar refractivity (Wildman–Crippen MR) is 153 cm³/mol. The molecule has 12 nitrogen and oxygen atoms in total. The van der Waals surface area contributed by atoms with Crippen LogP contribution in [0.2, 0.25) is 0 Å². The Labute approximate surface area is 230 Å². The van der Waals surface area contributed by atoms with E-state index in [-0.39, 0.29) is 23.3 Å². The number of aromatic nitrogens is 2. The summed E-state index contributed by atoms with van der Waals surface area (Å²) in [6.07, 6.45) is 4.23. The summed E-state index contributed by atoms with van der Waals surface area (Å²) in [5, 5.41) is 8.96. The van der Waals surface area contributed by atoms with Gasteiger partial charge >= 0.3 is 0 Å². The average Bonchev–Trinajstić information content (AvgIpc) is 2.91. The first-order valence-electron chi connectivity index (χ1n) is 12.7. The van der Waals surface area contributed by atoms with Gasteiger partial charge in [0.05, 0.1) is 12.8 Å². The molecule has 0 saturated heterocycles. The molecule has 0 aliphatic heterocycles. The maximum Gasteiger partial charge on any atom is 0.271 e. The van der Waals surface area contributed by atoms with Crippen molar-refractivity contribution in [3.8, 4) is 5.75 Å². The Kier molecular flexibility index (Phi) is 11.7. The number of nitrogens with one attached hydrogen (secondary N) is 3. The van der Waals surface area contributed by atoms with Gasteiger partial charge < -0.3 is 36.2 Å². The van der Waals surface area contributed by atoms with Gasteiger partial charge in [0.2, 0.25) is 11.8 Å². The summed E-state index contributed by atoms with van der Waals surface area (Å²) in [6.45, 7) is 4.52. The van der Waals surface area contributed by atoms with Crippen LogP contribution in [0.1, 0.15) is 35.6 Å². The van der Waals surface area contributed by atoms with Gasteiger partial charge in [0.15, 0.2) is 17.3 Å². The van der Waals surface area contributed by atoms with Gasteiger partial charge in [-0.1, -0.05) is 13.0 Å². The van der Waals surface area contributed by atoms with Crippen molar-refractivity contribution in [3.05, 3.63) is 47.3 Å². The van der Waals surface area contributed by atoms with Crippen LogP contribution in [0.15, 0.2) is 30.4 Å². The van der Waals surface area contributed by atoms with Gasteiger partial charge in [-0.2, -0.15) is 0 Å². The van der Waals surface area contributed by atoms with E-state index in [0.29, 0.717) is 48.9 Å². The largest absolute Gasteiger partial charge is 0.497 e.